The van der Waals surface area contributed by atoms with Crippen LogP contribution in [0.1, 0.15) is 29.8 Å². The fourth-order valence-corrected chi connectivity index (χ4v) is 3.62. The predicted octanol–water partition coefficient (Wildman–Crippen LogP) is 3.26. The summed E-state index contributed by atoms with van der Waals surface area (Å²) in [6.45, 7) is 3.44. The maximum atomic E-state index is 12.9. The molecule has 0 saturated carbocycles. The van der Waals surface area contributed by atoms with Gasteiger partial charge >= 0.3 is 0 Å². The van der Waals surface area contributed by atoms with Crippen LogP contribution in [0.15, 0.2) is 53.1 Å². The van der Waals surface area contributed by atoms with E-state index in [4.69, 9.17) is 4.42 Å². The molecule has 0 spiro atoms. The maximum absolute atomic E-state index is 12.9. The molecule has 4 rings (SSSR count). The van der Waals surface area contributed by atoms with Crippen LogP contribution in [0.5, 0.6) is 0 Å². The smallest absolute Gasteiger partial charge is 0.271 e. The van der Waals surface area contributed by atoms with Gasteiger partial charge in [0.05, 0.1) is 16.9 Å². The average molecular weight is 409 g/mol. The lowest BCUT2D eigenvalue weighted by molar-refractivity contribution is -0.384. The number of aromatic nitrogens is 2. The van der Waals surface area contributed by atoms with Crippen molar-refractivity contribution in [1.29, 1.82) is 0 Å². The quantitative estimate of drug-likeness (QED) is 0.474. The molecule has 3 aromatic rings. The third-order valence-electron chi connectivity index (χ3n) is 5.16. The Balaban J connectivity index is 1.58. The van der Waals surface area contributed by atoms with Crippen LogP contribution < -0.4 is 5.32 Å². The van der Waals surface area contributed by atoms with Crippen molar-refractivity contribution in [1.82, 2.24) is 20.0 Å². The first-order valence-electron chi connectivity index (χ1n) is 10.0. The second kappa shape index (κ2) is 8.91. The van der Waals surface area contributed by atoms with Gasteiger partial charge in [-0.25, -0.2) is 4.68 Å². The lowest BCUT2D eigenvalue weighted by atomic mass is 10.1. The lowest BCUT2D eigenvalue weighted by Crippen LogP contribution is -2.38. The number of nitro benzene ring substituents is 1. The summed E-state index contributed by atoms with van der Waals surface area (Å²) in [6, 6.07) is 11.2. The number of nitro groups is 1. The van der Waals surface area contributed by atoms with Crippen LogP contribution in [0.25, 0.3) is 17.1 Å². The molecule has 1 fully saturated rings. The van der Waals surface area contributed by atoms with Gasteiger partial charge in [0.15, 0.2) is 5.76 Å². The zero-order valence-corrected chi connectivity index (χ0v) is 16.5. The number of nitrogens with zero attached hydrogens (tertiary/aromatic N) is 4. The first kappa shape index (κ1) is 19.8. The highest BCUT2D eigenvalue weighted by Crippen LogP contribution is 2.24. The van der Waals surface area contributed by atoms with Crippen LogP contribution in [-0.4, -0.2) is 51.7 Å². The lowest BCUT2D eigenvalue weighted by Gasteiger charge is -2.26. The van der Waals surface area contributed by atoms with E-state index in [1.807, 2.05) is 0 Å². The van der Waals surface area contributed by atoms with Gasteiger partial charge in [0.1, 0.15) is 11.4 Å². The number of benzene rings is 1. The van der Waals surface area contributed by atoms with Gasteiger partial charge in [0.2, 0.25) is 0 Å². The number of hydrogen-bond donors (Lipinski definition) is 1. The Hall–Kier alpha value is -3.46. The molecule has 1 saturated heterocycles. The number of piperidine rings is 1. The molecule has 3 heterocycles. The Morgan fingerprint density at radius 1 is 1.17 bits per heavy atom. The molecule has 1 aliphatic heterocycles. The predicted molar refractivity (Wildman–Crippen MR) is 111 cm³/mol. The van der Waals surface area contributed by atoms with Crippen LogP contribution in [0, 0.1) is 10.1 Å². The summed E-state index contributed by atoms with van der Waals surface area (Å²) in [7, 11) is 0. The zero-order chi connectivity index (χ0) is 20.9. The van der Waals surface area contributed by atoms with E-state index in [9.17, 15) is 14.9 Å². The molecule has 9 nitrogen and oxygen atoms in total. The number of amides is 1. The van der Waals surface area contributed by atoms with E-state index in [0.29, 0.717) is 29.4 Å². The minimum atomic E-state index is -0.473. The van der Waals surface area contributed by atoms with Gasteiger partial charge < -0.3 is 14.6 Å². The number of furan rings is 1. The number of likely N-dealkylation sites (tertiary alicyclic amines) is 1. The fraction of sp³-hybridized carbons (Fsp3) is 0.333. The summed E-state index contributed by atoms with van der Waals surface area (Å²) in [5, 5.41) is 18.6. The van der Waals surface area contributed by atoms with Crippen molar-refractivity contribution in [3.63, 3.8) is 0 Å². The van der Waals surface area contributed by atoms with Gasteiger partial charge in [0, 0.05) is 31.3 Å². The van der Waals surface area contributed by atoms with Crippen molar-refractivity contribution >= 4 is 11.6 Å². The second-order valence-corrected chi connectivity index (χ2v) is 7.24. The molecule has 1 N–H and O–H groups in total. The Labute approximate surface area is 173 Å². The van der Waals surface area contributed by atoms with Crippen molar-refractivity contribution in [2.45, 2.75) is 19.3 Å². The first-order valence-corrected chi connectivity index (χ1v) is 10.0. The third kappa shape index (κ3) is 4.41. The monoisotopic (exact) mass is 409 g/mol. The molecule has 0 unspecified atom stereocenters. The van der Waals surface area contributed by atoms with Crippen molar-refractivity contribution in [2.24, 2.45) is 0 Å². The molecule has 0 radical (unpaired) electrons. The SMILES string of the molecule is O=C(NCCN1CCCCC1)c1cc(-c2ccco2)nn1-c1cccc([N+](=O)[O-])c1. The number of hydrogen-bond acceptors (Lipinski definition) is 6. The van der Waals surface area contributed by atoms with Crippen LogP contribution in [0.3, 0.4) is 0 Å². The summed E-state index contributed by atoms with van der Waals surface area (Å²) in [5.41, 5.74) is 1.13. The molecule has 0 bridgehead atoms. The van der Waals surface area contributed by atoms with E-state index in [1.54, 1.807) is 30.3 Å². The summed E-state index contributed by atoms with van der Waals surface area (Å²) in [5.74, 6) is 0.227. The Bertz CT molecular complexity index is 1020. The summed E-state index contributed by atoms with van der Waals surface area (Å²) in [4.78, 5) is 26.0. The molecule has 9 heteroatoms. The molecule has 1 amide bonds. The summed E-state index contributed by atoms with van der Waals surface area (Å²) < 4.78 is 6.82. The molecule has 30 heavy (non-hydrogen) atoms. The highest BCUT2D eigenvalue weighted by Gasteiger charge is 2.20. The van der Waals surface area contributed by atoms with E-state index in [1.165, 1.54) is 42.3 Å². The Morgan fingerprint density at radius 2 is 2.00 bits per heavy atom. The van der Waals surface area contributed by atoms with Gasteiger partial charge in [-0.3, -0.25) is 14.9 Å². The third-order valence-corrected chi connectivity index (χ3v) is 5.16. The standard InChI is InChI=1S/C21H23N5O4/c27-21(22-9-12-24-10-2-1-3-11-24)19-15-18(20-8-5-13-30-20)23-25(19)16-6-4-7-17(14-16)26(28)29/h4-8,13-15H,1-3,9-12H2,(H,22,27). The number of carbonyl (C=O) groups is 1. The van der Waals surface area contributed by atoms with E-state index in [2.05, 4.69) is 15.3 Å². The highest BCUT2D eigenvalue weighted by atomic mass is 16.6. The molecular weight excluding hydrogens is 386 g/mol. The molecule has 1 aliphatic rings. The first-order chi connectivity index (χ1) is 14.6. The molecule has 2 aromatic heterocycles. The average Bonchev–Trinajstić information content (AvgIpc) is 3.44. The molecular formula is C21H23N5O4. The number of non-ortho nitro benzene ring substituents is 1. The Kier molecular flexibility index (Phi) is 5.89. The number of nitrogens with one attached hydrogen (secondary N) is 1. The highest BCUT2D eigenvalue weighted by molar-refractivity contribution is 5.94. The number of carbonyl (C=O) groups excluding carboxylic acids is 1. The van der Waals surface area contributed by atoms with E-state index in [-0.39, 0.29) is 11.6 Å². The normalized spacial score (nSPS) is 14.5. The molecule has 1 aromatic carbocycles. The zero-order valence-electron chi connectivity index (χ0n) is 16.5. The van der Waals surface area contributed by atoms with Crippen molar-refractivity contribution in [2.75, 3.05) is 26.2 Å². The van der Waals surface area contributed by atoms with Crippen molar-refractivity contribution < 1.29 is 14.1 Å². The second-order valence-electron chi connectivity index (χ2n) is 7.24. The van der Waals surface area contributed by atoms with Gasteiger partial charge in [-0.1, -0.05) is 12.5 Å². The van der Waals surface area contributed by atoms with Crippen molar-refractivity contribution in [3.8, 4) is 17.1 Å². The van der Waals surface area contributed by atoms with Crippen LogP contribution in [-0.2, 0) is 0 Å². The van der Waals surface area contributed by atoms with Gasteiger partial charge in [-0.2, -0.15) is 5.10 Å². The van der Waals surface area contributed by atoms with Gasteiger partial charge in [-0.15, -0.1) is 0 Å². The minimum Gasteiger partial charge on any atom is -0.463 e. The maximum Gasteiger partial charge on any atom is 0.271 e. The molecule has 0 atom stereocenters. The summed E-state index contributed by atoms with van der Waals surface area (Å²) >= 11 is 0. The van der Waals surface area contributed by atoms with Crippen molar-refractivity contribution in [3.05, 3.63) is 64.5 Å². The molecule has 156 valence electrons. The number of rotatable bonds is 7. The molecule has 0 aliphatic carbocycles. The van der Waals surface area contributed by atoms with E-state index < -0.39 is 4.92 Å². The fourth-order valence-electron chi connectivity index (χ4n) is 3.62. The Morgan fingerprint density at radius 3 is 2.73 bits per heavy atom. The summed E-state index contributed by atoms with van der Waals surface area (Å²) in [6.07, 6.45) is 5.18. The van der Waals surface area contributed by atoms with Gasteiger partial charge in [-0.05, 0) is 44.1 Å². The van der Waals surface area contributed by atoms with Gasteiger partial charge in [0.25, 0.3) is 11.6 Å². The topological polar surface area (TPSA) is 106 Å². The minimum absolute atomic E-state index is 0.0704. The van der Waals surface area contributed by atoms with E-state index in [0.717, 1.165) is 19.6 Å². The van der Waals surface area contributed by atoms with Crippen LogP contribution >= 0.6 is 0 Å². The largest absolute Gasteiger partial charge is 0.463 e. The van der Waals surface area contributed by atoms with E-state index >= 15 is 0 Å². The van der Waals surface area contributed by atoms with Crippen LogP contribution in [0.2, 0.25) is 0 Å². The van der Waals surface area contributed by atoms with Crippen LogP contribution in [0.4, 0.5) is 5.69 Å².